The Kier molecular flexibility index (Phi) is 5.06. The van der Waals surface area contributed by atoms with Crippen LogP contribution in [0, 0.1) is 6.92 Å². The van der Waals surface area contributed by atoms with Crippen LogP contribution in [0.15, 0.2) is 32.5 Å². The van der Waals surface area contributed by atoms with Gasteiger partial charge in [-0.05, 0) is 74.5 Å². The number of nitrogens with two attached hydrogens (primary N) is 1. The van der Waals surface area contributed by atoms with Gasteiger partial charge < -0.3 is 10.5 Å². The lowest BCUT2D eigenvalue weighted by Gasteiger charge is -2.11. The fourth-order valence-electron chi connectivity index (χ4n) is 1.86. The maximum atomic E-state index is 6.27. The number of thiophene rings is 1. The van der Waals surface area contributed by atoms with E-state index >= 15 is 0 Å². The van der Waals surface area contributed by atoms with Gasteiger partial charge in [0.15, 0.2) is 0 Å². The predicted molar refractivity (Wildman–Crippen MR) is 88.1 cm³/mol. The minimum Gasteiger partial charge on any atom is -0.496 e. The normalized spacial score (nSPS) is 12.5. The summed E-state index contributed by atoms with van der Waals surface area (Å²) in [7, 11) is 1.66. The summed E-state index contributed by atoms with van der Waals surface area (Å²) in [5.74, 6) is 0.840. The second kappa shape index (κ2) is 6.39. The smallest absolute Gasteiger partial charge is 0.133 e. The number of rotatable bonds is 4. The Morgan fingerprint density at radius 3 is 2.58 bits per heavy atom. The third kappa shape index (κ3) is 3.60. The quantitative estimate of drug-likeness (QED) is 0.791. The van der Waals surface area contributed by atoms with Gasteiger partial charge in [0.1, 0.15) is 5.75 Å². The molecule has 0 aliphatic heterocycles. The van der Waals surface area contributed by atoms with Crippen LogP contribution in [0.5, 0.6) is 5.75 Å². The lowest BCUT2D eigenvalue weighted by Crippen LogP contribution is -2.11. The third-order valence-corrected chi connectivity index (χ3v) is 5.80. The highest BCUT2D eigenvalue weighted by Gasteiger charge is 2.12. The summed E-state index contributed by atoms with van der Waals surface area (Å²) in [5.41, 5.74) is 8.71. The molecule has 1 aromatic heterocycles. The summed E-state index contributed by atoms with van der Waals surface area (Å²) in [5, 5.41) is 0. The largest absolute Gasteiger partial charge is 0.496 e. The van der Waals surface area contributed by atoms with E-state index in [0.717, 1.165) is 20.4 Å². The van der Waals surface area contributed by atoms with Gasteiger partial charge in [0.05, 0.1) is 15.4 Å². The van der Waals surface area contributed by atoms with Gasteiger partial charge in [-0.15, -0.1) is 11.3 Å². The molecule has 0 fully saturated rings. The molecule has 0 bridgehead atoms. The van der Waals surface area contributed by atoms with Crippen molar-refractivity contribution in [3.05, 3.63) is 48.5 Å². The van der Waals surface area contributed by atoms with Crippen LogP contribution in [0.1, 0.15) is 22.0 Å². The summed E-state index contributed by atoms with van der Waals surface area (Å²) in [4.78, 5) is 1.20. The number of benzene rings is 1. The molecular weight excluding hydrogens is 390 g/mol. The molecule has 19 heavy (non-hydrogen) atoms. The third-order valence-electron chi connectivity index (χ3n) is 2.91. The van der Waals surface area contributed by atoms with Crippen LogP contribution in [0.25, 0.3) is 0 Å². The molecule has 0 saturated heterocycles. The van der Waals surface area contributed by atoms with Crippen molar-refractivity contribution >= 4 is 43.2 Å². The summed E-state index contributed by atoms with van der Waals surface area (Å²) >= 11 is 8.75. The van der Waals surface area contributed by atoms with Crippen LogP contribution >= 0.6 is 43.2 Å². The maximum Gasteiger partial charge on any atom is 0.133 e. The fraction of sp³-hybridized carbons (Fsp3) is 0.286. The van der Waals surface area contributed by atoms with Crippen molar-refractivity contribution in [3.63, 3.8) is 0 Å². The first kappa shape index (κ1) is 15.0. The van der Waals surface area contributed by atoms with E-state index < -0.39 is 0 Å². The average Bonchev–Trinajstić information content (AvgIpc) is 2.70. The Balaban J connectivity index is 2.14. The topological polar surface area (TPSA) is 35.2 Å². The van der Waals surface area contributed by atoms with Crippen molar-refractivity contribution < 1.29 is 4.74 Å². The van der Waals surface area contributed by atoms with Gasteiger partial charge in [-0.3, -0.25) is 0 Å². The zero-order valence-electron chi connectivity index (χ0n) is 10.7. The summed E-state index contributed by atoms with van der Waals surface area (Å²) < 4.78 is 7.35. The summed E-state index contributed by atoms with van der Waals surface area (Å²) in [6.45, 7) is 2.08. The van der Waals surface area contributed by atoms with Gasteiger partial charge >= 0.3 is 0 Å². The highest BCUT2D eigenvalue weighted by molar-refractivity contribution is 9.11. The first-order chi connectivity index (χ1) is 9.01. The van der Waals surface area contributed by atoms with Crippen LogP contribution in [0.4, 0.5) is 0 Å². The van der Waals surface area contributed by atoms with E-state index in [-0.39, 0.29) is 6.04 Å². The molecule has 0 spiro atoms. The second-order valence-electron chi connectivity index (χ2n) is 4.39. The minimum absolute atomic E-state index is 0.0234. The molecular formula is C14H15Br2NOS. The monoisotopic (exact) mass is 403 g/mol. The van der Waals surface area contributed by atoms with E-state index in [9.17, 15) is 0 Å². The van der Waals surface area contributed by atoms with Crippen LogP contribution in [0.2, 0.25) is 0 Å². The average molecular weight is 405 g/mol. The highest BCUT2D eigenvalue weighted by Crippen LogP contribution is 2.33. The number of methoxy groups -OCH3 is 1. The Hall–Kier alpha value is -0.360. The van der Waals surface area contributed by atoms with Crippen molar-refractivity contribution in [3.8, 4) is 5.75 Å². The van der Waals surface area contributed by atoms with Crippen molar-refractivity contribution in [2.45, 2.75) is 19.4 Å². The number of ether oxygens (including phenoxy) is 1. The highest BCUT2D eigenvalue weighted by atomic mass is 79.9. The molecule has 1 aromatic carbocycles. The molecule has 2 aromatic rings. The Bertz CT molecular complexity index is 563. The zero-order valence-corrected chi connectivity index (χ0v) is 14.7. The molecule has 0 radical (unpaired) electrons. The van der Waals surface area contributed by atoms with Crippen molar-refractivity contribution in [2.75, 3.05) is 7.11 Å². The van der Waals surface area contributed by atoms with Crippen LogP contribution in [-0.4, -0.2) is 7.11 Å². The van der Waals surface area contributed by atoms with Gasteiger partial charge in [0.2, 0.25) is 0 Å². The molecule has 5 heteroatoms. The number of hydrogen-bond acceptors (Lipinski definition) is 3. The lowest BCUT2D eigenvalue weighted by molar-refractivity contribution is 0.412. The molecule has 0 aliphatic rings. The summed E-state index contributed by atoms with van der Waals surface area (Å²) in [6, 6.07) is 8.25. The molecule has 0 saturated carbocycles. The van der Waals surface area contributed by atoms with Gasteiger partial charge in [-0.1, -0.05) is 6.07 Å². The number of aryl methyl sites for hydroxylation is 1. The maximum absolute atomic E-state index is 6.27. The Labute approximate surface area is 134 Å². The predicted octanol–water partition coefficient (Wildman–Crippen LogP) is 4.83. The summed E-state index contributed by atoms with van der Waals surface area (Å²) in [6.07, 6.45) is 0.814. The van der Waals surface area contributed by atoms with E-state index in [1.807, 2.05) is 6.07 Å². The molecule has 0 aliphatic carbocycles. The minimum atomic E-state index is 0.0234. The van der Waals surface area contributed by atoms with Crippen molar-refractivity contribution in [1.82, 2.24) is 0 Å². The van der Waals surface area contributed by atoms with E-state index in [0.29, 0.717) is 0 Å². The van der Waals surface area contributed by atoms with E-state index in [4.69, 9.17) is 10.5 Å². The van der Waals surface area contributed by atoms with Crippen molar-refractivity contribution in [1.29, 1.82) is 0 Å². The molecule has 1 unspecified atom stereocenters. The number of halogens is 2. The van der Waals surface area contributed by atoms with Crippen LogP contribution in [-0.2, 0) is 6.42 Å². The molecule has 2 rings (SSSR count). The van der Waals surface area contributed by atoms with Gasteiger partial charge in [0, 0.05) is 10.9 Å². The van der Waals surface area contributed by atoms with Crippen LogP contribution < -0.4 is 10.5 Å². The van der Waals surface area contributed by atoms with E-state index in [1.54, 1.807) is 18.4 Å². The standard InChI is InChI=1S/C14H15Br2NOS/c1-8-5-13(19-14(8)16)11(17)7-9-3-4-12(18-2)10(15)6-9/h3-6,11H,7,17H2,1-2H3. The van der Waals surface area contributed by atoms with Crippen molar-refractivity contribution in [2.24, 2.45) is 5.73 Å². The molecule has 0 amide bonds. The molecule has 102 valence electrons. The van der Waals surface area contributed by atoms with E-state index in [2.05, 4.69) is 57.0 Å². The second-order valence-corrected chi connectivity index (χ2v) is 7.64. The first-order valence-corrected chi connectivity index (χ1v) is 8.25. The molecule has 1 heterocycles. The zero-order chi connectivity index (χ0) is 14.0. The fourth-order valence-corrected chi connectivity index (χ4v) is 4.02. The Morgan fingerprint density at radius 1 is 1.32 bits per heavy atom. The first-order valence-electron chi connectivity index (χ1n) is 5.85. The number of hydrogen-bond donors (Lipinski definition) is 1. The lowest BCUT2D eigenvalue weighted by atomic mass is 10.0. The SMILES string of the molecule is COc1ccc(CC(N)c2cc(C)c(Br)s2)cc1Br. The van der Waals surface area contributed by atoms with Gasteiger partial charge in [0.25, 0.3) is 0 Å². The molecule has 2 N–H and O–H groups in total. The molecule has 2 nitrogen and oxygen atoms in total. The van der Waals surface area contributed by atoms with Gasteiger partial charge in [-0.2, -0.15) is 0 Å². The van der Waals surface area contributed by atoms with Gasteiger partial charge in [-0.25, -0.2) is 0 Å². The molecule has 1 atom stereocenters. The van der Waals surface area contributed by atoms with Crippen LogP contribution in [0.3, 0.4) is 0 Å². The Morgan fingerprint density at radius 2 is 2.05 bits per heavy atom. The van der Waals surface area contributed by atoms with E-state index in [1.165, 1.54) is 16.0 Å².